The van der Waals surface area contributed by atoms with Gasteiger partial charge in [-0.3, -0.25) is 9.59 Å². The summed E-state index contributed by atoms with van der Waals surface area (Å²) >= 11 is 0. The van der Waals surface area contributed by atoms with E-state index < -0.39 is 24.0 Å². The van der Waals surface area contributed by atoms with Gasteiger partial charge >= 0.3 is 11.9 Å². The van der Waals surface area contributed by atoms with Crippen molar-refractivity contribution in [1.29, 1.82) is 0 Å². The molecule has 8 heteroatoms. The van der Waals surface area contributed by atoms with Gasteiger partial charge in [0.1, 0.15) is 34.3 Å². The van der Waals surface area contributed by atoms with Crippen molar-refractivity contribution in [3.05, 3.63) is 88.5 Å². The number of aromatic hydroxyl groups is 1. The first-order valence-corrected chi connectivity index (χ1v) is 15.2. The number of esters is 2. The van der Waals surface area contributed by atoms with Gasteiger partial charge in [-0.2, -0.15) is 0 Å². The number of ketones is 1. The van der Waals surface area contributed by atoms with Gasteiger partial charge in [0, 0.05) is 30.7 Å². The lowest BCUT2D eigenvalue weighted by Gasteiger charge is -2.28. The zero-order chi connectivity index (χ0) is 31.1. The van der Waals surface area contributed by atoms with E-state index in [1.165, 1.54) is 0 Å². The van der Waals surface area contributed by atoms with E-state index in [0.717, 1.165) is 23.3 Å². The summed E-state index contributed by atoms with van der Waals surface area (Å²) in [7, 11) is 1.64. The number of hydrogen-bond acceptors (Lipinski definition) is 8. The van der Waals surface area contributed by atoms with Crippen LogP contribution in [0.15, 0.2) is 60.7 Å². The molecule has 1 N–H and O–H groups in total. The van der Waals surface area contributed by atoms with Crippen molar-refractivity contribution in [1.82, 2.24) is 0 Å². The Morgan fingerprint density at radius 1 is 0.955 bits per heavy atom. The molecule has 0 bridgehead atoms. The minimum atomic E-state index is -0.655. The van der Waals surface area contributed by atoms with E-state index in [9.17, 15) is 19.5 Å². The largest absolute Gasteiger partial charge is 0.507 e. The average Bonchev–Trinajstić information content (AvgIpc) is 3.00. The van der Waals surface area contributed by atoms with E-state index in [1.54, 1.807) is 26.2 Å². The number of carbonyl (C=O) groups is 3. The third-order valence-corrected chi connectivity index (χ3v) is 8.08. The Hall–Kier alpha value is -4.59. The minimum absolute atomic E-state index is 0.00629. The molecule has 5 rings (SSSR count). The van der Waals surface area contributed by atoms with E-state index in [1.807, 2.05) is 54.6 Å². The van der Waals surface area contributed by atoms with Crippen LogP contribution in [0, 0.1) is 0 Å². The number of hydrogen-bond donors (Lipinski definition) is 1. The van der Waals surface area contributed by atoms with Crippen LogP contribution in [-0.4, -0.2) is 42.6 Å². The maximum atomic E-state index is 13.4. The van der Waals surface area contributed by atoms with Crippen molar-refractivity contribution in [2.24, 2.45) is 0 Å². The van der Waals surface area contributed by atoms with Crippen molar-refractivity contribution < 1.29 is 38.4 Å². The second-order valence-corrected chi connectivity index (χ2v) is 11.3. The van der Waals surface area contributed by atoms with Gasteiger partial charge in [0.15, 0.2) is 0 Å². The van der Waals surface area contributed by atoms with E-state index in [-0.39, 0.29) is 29.3 Å². The summed E-state index contributed by atoms with van der Waals surface area (Å²) < 4.78 is 22.5. The normalized spacial score (nSPS) is 19.9. The summed E-state index contributed by atoms with van der Waals surface area (Å²) in [5.74, 6) is 0.0331. The molecular weight excluding hydrogens is 560 g/mol. The van der Waals surface area contributed by atoms with Crippen molar-refractivity contribution in [2.75, 3.05) is 13.7 Å². The van der Waals surface area contributed by atoms with Crippen molar-refractivity contribution in [3.8, 4) is 23.0 Å². The monoisotopic (exact) mass is 598 g/mol. The van der Waals surface area contributed by atoms with Crippen molar-refractivity contribution in [3.63, 3.8) is 0 Å². The van der Waals surface area contributed by atoms with Gasteiger partial charge in [0.2, 0.25) is 0 Å². The molecule has 0 aliphatic carbocycles. The SMILES string of the molecule is COc1ccc(CCOc2ccc(C3CC(=O)Oc4cc5c(c(O)c43)C(=O)O[C@@H](C)CCCC(=O)CCC/C=C/5)cc2)cc1. The standard InChI is InChI=1S/C36H38O8/c1-23-7-6-10-27(37)9-5-3-4-8-26-21-31-34(35(39)33(26)36(40)43-23)30(22-32(38)44-31)25-13-17-29(18-14-25)42-20-19-24-11-15-28(41-2)16-12-24/h4,8,11-18,21,23,30,39H,3,5-7,9-10,19-20,22H2,1-2H3/b8-4+/t23-,30?/m0/s1. The highest BCUT2D eigenvalue weighted by molar-refractivity contribution is 5.98. The molecule has 0 saturated carbocycles. The zero-order valence-corrected chi connectivity index (χ0v) is 25.2. The van der Waals surface area contributed by atoms with Crippen LogP contribution >= 0.6 is 0 Å². The molecular formula is C36H38O8. The van der Waals surface area contributed by atoms with Gasteiger partial charge in [0.05, 0.1) is 26.2 Å². The summed E-state index contributed by atoms with van der Waals surface area (Å²) in [6.07, 6.45) is 7.33. The van der Waals surface area contributed by atoms with E-state index in [0.29, 0.717) is 62.0 Å². The molecule has 0 fully saturated rings. The topological polar surface area (TPSA) is 108 Å². The van der Waals surface area contributed by atoms with E-state index in [2.05, 4.69) is 0 Å². The Kier molecular flexibility index (Phi) is 10.00. The summed E-state index contributed by atoms with van der Waals surface area (Å²) in [4.78, 5) is 38.3. The van der Waals surface area contributed by atoms with Crippen molar-refractivity contribution >= 4 is 23.8 Å². The summed E-state index contributed by atoms with van der Waals surface area (Å²) in [6, 6.07) is 16.9. The van der Waals surface area contributed by atoms with Crippen LogP contribution in [0.25, 0.3) is 6.08 Å². The molecule has 44 heavy (non-hydrogen) atoms. The first-order chi connectivity index (χ1) is 21.3. The van der Waals surface area contributed by atoms with Gasteiger partial charge in [0.25, 0.3) is 0 Å². The van der Waals surface area contributed by atoms with Crippen LogP contribution in [0.5, 0.6) is 23.0 Å². The Bertz CT molecular complexity index is 1520. The van der Waals surface area contributed by atoms with Gasteiger partial charge in [-0.25, -0.2) is 4.79 Å². The summed E-state index contributed by atoms with van der Waals surface area (Å²) in [5, 5.41) is 11.6. The molecule has 2 atom stereocenters. The van der Waals surface area contributed by atoms with Crippen LogP contribution in [0.2, 0.25) is 0 Å². The summed E-state index contributed by atoms with van der Waals surface area (Å²) in [5.41, 5.74) is 2.73. The highest BCUT2D eigenvalue weighted by Gasteiger charge is 2.35. The number of rotatable bonds is 6. The predicted molar refractivity (Wildman–Crippen MR) is 165 cm³/mol. The molecule has 0 radical (unpaired) electrons. The Balaban J connectivity index is 1.39. The number of cyclic esters (lactones) is 1. The van der Waals surface area contributed by atoms with Crippen LogP contribution in [0.3, 0.4) is 0 Å². The second-order valence-electron chi connectivity index (χ2n) is 11.3. The maximum Gasteiger partial charge on any atom is 0.342 e. The van der Waals surface area contributed by atoms with Gasteiger partial charge in [-0.1, -0.05) is 36.4 Å². The molecule has 1 unspecified atom stereocenters. The maximum absolute atomic E-state index is 13.4. The fraction of sp³-hybridized carbons (Fsp3) is 0.361. The minimum Gasteiger partial charge on any atom is -0.507 e. The van der Waals surface area contributed by atoms with Gasteiger partial charge in [-0.05, 0) is 79.6 Å². The van der Waals surface area contributed by atoms with Crippen LogP contribution in [-0.2, 0) is 20.7 Å². The summed E-state index contributed by atoms with van der Waals surface area (Å²) in [6.45, 7) is 2.27. The number of methoxy groups -OCH3 is 1. The lowest BCUT2D eigenvalue weighted by Crippen LogP contribution is -2.23. The predicted octanol–water partition coefficient (Wildman–Crippen LogP) is 6.95. The smallest absolute Gasteiger partial charge is 0.342 e. The van der Waals surface area contributed by atoms with Gasteiger partial charge in [-0.15, -0.1) is 0 Å². The molecule has 3 aromatic rings. The quantitative estimate of drug-likeness (QED) is 0.240. The highest BCUT2D eigenvalue weighted by Crippen LogP contribution is 2.47. The highest BCUT2D eigenvalue weighted by atomic mass is 16.5. The number of benzene rings is 3. The first kappa shape index (κ1) is 30.9. The number of ether oxygens (including phenoxy) is 4. The molecule has 2 heterocycles. The molecule has 230 valence electrons. The number of phenols is 1. The van der Waals surface area contributed by atoms with E-state index in [4.69, 9.17) is 18.9 Å². The fourth-order valence-electron chi connectivity index (χ4n) is 5.68. The third-order valence-electron chi connectivity index (χ3n) is 8.08. The number of phenolic OH excluding ortho intramolecular Hbond substituents is 1. The molecule has 2 aliphatic heterocycles. The van der Waals surface area contributed by atoms with Crippen LogP contribution in [0.4, 0.5) is 0 Å². The average molecular weight is 599 g/mol. The Morgan fingerprint density at radius 3 is 2.43 bits per heavy atom. The second kappa shape index (κ2) is 14.3. The molecule has 8 nitrogen and oxygen atoms in total. The Morgan fingerprint density at radius 2 is 1.68 bits per heavy atom. The number of fused-ring (bicyclic) bond motifs is 2. The lowest BCUT2D eigenvalue weighted by atomic mass is 9.83. The fourth-order valence-corrected chi connectivity index (χ4v) is 5.68. The number of Topliss-reactive ketones (excluding diaryl/α,β-unsaturated/α-hetero) is 1. The van der Waals surface area contributed by atoms with Crippen LogP contribution < -0.4 is 14.2 Å². The molecule has 0 saturated heterocycles. The third kappa shape index (κ3) is 7.48. The van der Waals surface area contributed by atoms with Crippen LogP contribution in [0.1, 0.15) is 90.4 Å². The first-order valence-electron chi connectivity index (χ1n) is 15.2. The molecule has 0 aromatic heterocycles. The molecule has 0 spiro atoms. The Labute approximate surface area is 257 Å². The van der Waals surface area contributed by atoms with Gasteiger partial charge < -0.3 is 24.1 Å². The zero-order valence-electron chi connectivity index (χ0n) is 25.2. The van der Waals surface area contributed by atoms with E-state index >= 15 is 0 Å². The molecule has 2 aliphatic rings. The van der Waals surface area contributed by atoms with Crippen molar-refractivity contribution in [2.45, 2.75) is 70.3 Å². The molecule has 3 aromatic carbocycles. The lowest BCUT2D eigenvalue weighted by molar-refractivity contribution is -0.135. The number of carbonyl (C=O) groups excluding carboxylic acids is 3. The molecule has 0 amide bonds. The number of allylic oxidation sites excluding steroid dienone is 1.